The van der Waals surface area contributed by atoms with Crippen molar-refractivity contribution < 1.29 is 14.6 Å². The van der Waals surface area contributed by atoms with Crippen LogP contribution in [0.3, 0.4) is 0 Å². The minimum Gasteiger partial charge on any atom is -0.388 e. The second-order valence-electron chi connectivity index (χ2n) is 8.64. The maximum Gasteiger partial charge on any atom is 0.262 e. The van der Waals surface area contributed by atoms with Crippen LogP contribution in [0.1, 0.15) is 24.4 Å². The number of nitrogens with two attached hydrogens (primary N) is 2. The number of nitrogens with zero attached hydrogens (tertiary/aromatic N) is 5. The molecule has 0 aliphatic heterocycles. The van der Waals surface area contributed by atoms with Crippen molar-refractivity contribution in [3.05, 3.63) is 64.6 Å². The van der Waals surface area contributed by atoms with E-state index in [1.165, 1.54) is 18.5 Å². The summed E-state index contributed by atoms with van der Waals surface area (Å²) >= 11 is 5.96. The van der Waals surface area contributed by atoms with Gasteiger partial charge in [0.25, 0.3) is 5.54 Å². The van der Waals surface area contributed by atoms with E-state index in [0.29, 0.717) is 27.9 Å². The molecule has 0 spiro atoms. The van der Waals surface area contributed by atoms with Gasteiger partial charge in [0.15, 0.2) is 6.10 Å². The summed E-state index contributed by atoms with van der Waals surface area (Å²) in [5, 5.41) is 22.9. The quantitative estimate of drug-likeness (QED) is 0.328. The third-order valence-electron chi connectivity index (χ3n) is 6.72. The molecule has 5 rings (SSSR count). The molecule has 0 saturated heterocycles. The molecule has 9 nitrogen and oxygen atoms in total. The Morgan fingerprint density at radius 1 is 1.21 bits per heavy atom. The second kappa shape index (κ2) is 8.06. The van der Waals surface area contributed by atoms with Crippen LogP contribution in [0.4, 0.5) is 16.0 Å². The zero-order valence-electron chi connectivity index (χ0n) is 17.9. The van der Waals surface area contributed by atoms with Crippen LogP contribution >= 0.6 is 11.6 Å². The highest BCUT2D eigenvalue weighted by Gasteiger charge is 2.59. The van der Waals surface area contributed by atoms with E-state index in [4.69, 9.17) is 29.6 Å². The van der Waals surface area contributed by atoms with Gasteiger partial charge in [0.1, 0.15) is 35.5 Å². The molecule has 3 aromatic heterocycles. The number of aliphatic hydroxyl groups is 2. The summed E-state index contributed by atoms with van der Waals surface area (Å²) in [4.78, 5) is 16.1. The number of hydrogen-bond donors (Lipinski definition) is 4. The first-order valence-electron chi connectivity index (χ1n) is 10.6. The van der Waals surface area contributed by atoms with Crippen molar-refractivity contribution in [1.29, 1.82) is 0 Å². The number of aryl methyl sites for hydroxylation is 1. The van der Waals surface area contributed by atoms with Gasteiger partial charge in [-0.15, -0.1) is 0 Å². The van der Waals surface area contributed by atoms with Gasteiger partial charge in [-0.2, -0.15) is 0 Å². The monoisotopic (exact) mass is 481 g/mol. The summed E-state index contributed by atoms with van der Waals surface area (Å²) in [5.74, 6) is -0.0919. The first-order chi connectivity index (χ1) is 16.2. The molecule has 0 bridgehead atoms. The van der Waals surface area contributed by atoms with E-state index in [2.05, 4.69) is 19.8 Å². The SMILES string of the molecule is [C-]#[N+][C@]1(CCc2cc(F)c3cc(Cl)c(N)nc3c2)C[C@@H](n2ccc3c(N)ncnc32)[C@H](O)[C@@H]1O. The number of aromatic nitrogens is 4. The van der Waals surface area contributed by atoms with E-state index >= 15 is 0 Å². The van der Waals surface area contributed by atoms with Gasteiger partial charge in [0.05, 0.1) is 28.4 Å². The molecule has 6 N–H and O–H groups in total. The number of anilines is 2. The summed E-state index contributed by atoms with van der Waals surface area (Å²) in [5.41, 5.74) is 11.9. The number of hydrogen-bond acceptors (Lipinski definition) is 7. The number of nitrogen functional groups attached to an aromatic ring is 2. The van der Waals surface area contributed by atoms with Crippen molar-refractivity contribution in [3.63, 3.8) is 0 Å². The Balaban J connectivity index is 1.44. The lowest BCUT2D eigenvalue weighted by Gasteiger charge is -2.21. The van der Waals surface area contributed by atoms with Crippen molar-refractivity contribution in [2.45, 2.75) is 43.1 Å². The average Bonchev–Trinajstić information content (AvgIpc) is 3.35. The van der Waals surface area contributed by atoms with Crippen LogP contribution in [-0.4, -0.2) is 47.5 Å². The molecule has 0 amide bonds. The van der Waals surface area contributed by atoms with Gasteiger partial charge in [-0.3, -0.25) is 0 Å². The van der Waals surface area contributed by atoms with Crippen LogP contribution in [0.25, 0.3) is 26.8 Å². The highest BCUT2D eigenvalue weighted by atomic mass is 35.5. The van der Waals surface area contributed by atoms with E-state index in [0.717, 1.165) is 0 Å². The molecule has 0 unspecified atom stereocenters. The first kappa shape index (κ1) is 22.3. The molecule has 4 aromatic rings. The highest BCUT2D eigenvalue weighted by Crippen LogP contribution is 2.45. The van der Waals surface area contributed by atoms with Gasteiger partial charge in [-0.05, 0) is 36.2 Å². The molecule has 174 valence electrons. The highest BCUT2D eigenvalue weighted by molar-refractivity contribution is 6.33. The van der Waals surface area contributed by atoms with E-state index in [-0.39, 0.29) is 35.5 Å². The van der Waals surface area contributed by atoms with Crippen molar-refractivity contribution >= 4 is 45.2 Å². The smallest absolute Gasteiger partial charge is 0.262 e. The standard InChI is InChI=1S/C23H21ClFN7O2/c1-28-23(4-2-11-6-15(25)13-8-14(24)21(27)31-16(13)7-11)9-17(18(33)19(23)34)32-5-3-12-20(26)29-10-30-22(12)32/h3,5-8,10,17-19,33-34H,2,4,9H2,(H2,27,31)(H2,26,29,30)/t17-,18+,19+,23-/m1/s1. The lowest BCUT2D eigenvalue weighted by molar-refractivity contribution is 0.00499. The Bertz CT molecular complexity index is 1470. The lowest BCUT2D eigenvalue weighted by atomic mass is 9.88. The number of benzene rings is 1. The summed E-state index contributed by atoms with van der Waals surface area (Å²) < 4.78 is 16.4. The lowest BCUT2D eigenvalue weighted by Crippen LogP contribution is -2.40. The topological polar surface area (TPSA) is 140 Å². The van der Waals surface area contributed by atoms with Crippen molar-refractivity contribution in [1.82, 2.24) is 19.5 Å². The van der Waals surface area contributed by atoms with Crippen molar-refractivity contribution in [3.8, 4) is 0 Å². The van der Waals surface area contributed by atoms with E-state index < -0.39 is 29.6 Å². The molecule has 1 aromatic carbocycles. The van der Waals surface area contributed by atoms with Crippen LogP contribution in [0.2, 0.25) is 5.02 Å². The molecular weight excluding hydrogens is 461 g/mol. The number of fused-ring (bicyclic) bond motifs is 2. The molecule has 4 atom stereocenters. The Kier molecular flexibility index (Phi) is 5.28. The Hall–Kier alpha value is -3.52. The Morgan fingerprint density at radius 3 is 2.76 bits per heavy atom. The Morgan fingerprint density at radius 2 is 2.00 bits per heavy atom. The van der Waals surface area contributed by atoms with Gasteiger partial charge in [-0.25, -0.2) is 25.9 Å². The van der Waals surface area contributed by atoms with Crippen LogP contribution < -0.4 is 11.5 Å². The molecule has 34 heavy (non-hydrogen) atoms. The molecule has 11 heteroatoms. The minimum atomic E-state index is -1.30. The van der Waals surface area contributed by atoms with Crippen LogP contribution in [0.5, 0.6) is 0 Å². The zero-order valence-corrected chi connectivity index (χ0v) is 18.6. The molecule has 1 aliphatic rings. The first-order valence-corrected chi connectivity index (χ1v) is 11.0. The normalized spacial score (nSPS) is 24.6. The van der Waals surface area contributed by atoms with Crippen molar-refractivity contribution in [2.75, 3.05) is 11.5 Å². The second-order valence-corrected chi connectivity index (χ2v) is 9.05. The number of halogens is 2. The molecule has 1 aliphatic carbocycles. The molecule has 1 saturated carbocycles. The third-order valence-corrected chi connectivity index (χ3v) is 7.02. The zero-order chi connectivity index (χ0) is 24.2. The predicted molar refractivity (Wildman–Crippen MR) is 126 cm³/mol. The maximum atomic E-state index is 14.7. The largest absolute Gasteiger partial charge is 0.388 e. The summed E-state index contributed by atoms with van der Waals surface area (Å²) in [6.07, 6.45) is 1.23. The maximum absolute atomic E-state index is 14.7. The predicted octanol–water partition coefficient (Wildman–Crippen LogP) is 2.89. The van der Waals surface area contributed by atoms with Crippen LogP contribution in [0.15, 0.2) is 36.8 Å². The van der Waals surface area contributed by atoms with Gasteiger partial charge in [0, 0.05) is 18.0 Å². The average molecular weight is 482 g/mol. The van der Waals surface area contributed by atoms with Gasteiger partial charge in [-0.1, -0.05) is 11.6 Å². The summed E-state index contributed by atoms with van der Waals surface area (Å²) in [6.45, 7) is 7.85. The van der Waals surface area contributed by atoms with Crippen molar-refractivity contribution in [2.24, 2.45) is 0 Å². The van der Waals surface area contributed by atoms with E-state index in [1.54, 1.807) is 22.9 Å². The summed E-state index contributed by atoms with van der Waals surface area (Å²) in [6, 6.07) is 5.63. The summed E-state index contributed by atoms with van der Waals surface area (Å²) in [7, 11) is 0. The van der Waals surface area contributed by atoms with Crippen LogP contribution in [0, 0.1) is 12.4 Å². The fraction of sp³-hybridized carbons (Fsp3) is 0.304. The number of aliphatic hydroxyl groups excluding tert-OH is 2. The molecule has 0 radical (unpaired) electrons. The van der Waals surface area contributed by atoms with Gasteiger partial charge in [0.2, 0.25) is 0 Å². The molecule has 1 fully saturated rings. The van der Waals surface area contributed by atoms with E-state index in [9.17, 15) is 14.6 Å². The fourth-order valence-corrected chi connectivity index (χ4v) is 5.00. The Labute approximate surface area is 198 Å². The molecule has 3 heterocycles. The number of rotatable bonds is 4. The fourth-order valence-electron chi connectivity index (χ4n) is 4.85. The molecular formula is C23H21ClFN7O2. The van der Waals surface area contributed by atoms with Gasteiger partial charge >= 0.3 is 0 Å². The van der Waals surface area contributed by atoms with E-state index in [1.807, 2.05) is 0 Å². The number of pyridine rings is 1. The minimum absolute atomic E-state index is 0.101. The van der Waals surface area contributed by atoms with Crippen LogP contribution in [-0.2, 0) is 6.42 Å². The third kappa shape index (κ3) is 3.40. The van der Waals surface area contributed by atoms with Gasteiger partial charge < -0.3 is 31.1 Å².